The average Bonchev–Trinajstić information content (AvgIpc) is 2.98. The minimum absolute atomic E-state index is 0.0277. The molecule has 0 radical (unpaired) electrons. The second-order valence-electron chi connectivity index (χ2n) is 4.65. The Morgan fingerprint density at radius 2 is 2.37 bits per heavy atom. The molecular weight excluding hydrogens is 250 g/mol. The summed E-state index contributed by atoms with van der Waals surface area (Å²) >= 11 is 0. The molecule has 104 valence electrons. The van der Waals surface area contributed by atoms with Gasteiger partial charge in [-0.05, 0) is 25.8 Å². The molecule has 1 saturated heterocycles. The van der Waals surface area contributed by atoms with Crippen molar-refractivity contribution in [1.82, 2.24) is 5.32 Å². The number of rotatable bonds is 5. The molecule has 0 aromatic carbocycles. The molecule has 2 N–H and O–H groups in total. The highest BCUT2D eigenvalue weighted by Crippen LogP contribution is 2.16. The first-order valence-corrected chi connectivity index (χ1v) is 6.28. The monoisotopic (exact) mass is 267 g/mol. The van der Waals surface area contributed by atoms with E-state index in [-0.39, 0.29) is 35.8 Å². The average molecular weight is 267 g/mol. The summed E-state index contributed by atoms with van der Waals surface area (Å²) in [5.74, 6) is -1.19. The first-order chi connectivity index (χ1) is 9.08. The van der Waals surface area contributed by atoms with Crippen LogP contribution in [0.4, 0.5) is 0 Å². The molecular formula is C13H17NO5. The number of carbonyl (C=O) groups is 2. The Balaban J connectivity index is 1.90. The maximum Gasteiger partial charge on any atom is 0.339 e. The Kier molecular flexibility index (Phi) is 4.21. The smallest absolute Gasteiger partial charge is 0.339 e. The topological polar surface area (TPSA) is 88.8 Å². The molecule has 1 aromatic heterocycles. The van der Waals surface area contributed by atoms with Gasteiger partial charge < -0.3 is 19.6 Å². The Labute approximate surface area is 110 Å². The van der Waals surface area contributed by atoms with Crippen LogP contribution < -0.4 is 5.32 Å². The summed E-state index contributed by atoms with van der Waals surface area (Å²) in [5.41, 5.74) is 0.0277. The predicted molar refractivity (Wildman–Crippen MR) is 66.0 cm³/mol. The largest absolute Gasteiger partial charge is 0.478 e. The van der Waals surface area contributed by atoms with Gasteiger partial charge in [0.25, 0.3) is 0 Å². The number of hydrogen-bond acceptors (Lipinski definition) is 4. The van der Waals surface area contributed by atoms with E-state index in [0.29, 0.717) is 0 Å². The van der Waals surface area contributed by atoms with Crippen molar-refractivity contribution in [3.05, 3.63) is 23.7 Å². The lowest BCUT2D eigenvalue weighted by molar-refractivity contribution is -0.122. The number of carbonyl (C=O) groups excluding carboxylic acids is 1. The molecule has 6 heteroatoms. The zero-order chi connectivity index (χ0) is 13.8. The minimum atomic E-state index is -1.09. The van der Waals surface area contributed by atoms with Gasteiger partial charge in [-0.1, -0.05) is 0 Å². The van der Waals surface area contributed by atoms with Crippen molar-refractivity contribution in [3.63, 3.8) is 0 Å². The van der Waals surface area contributed by atoms with Crippen LogP contribution >= 0.6 is 0 Å². The van der Waals surface area contributed by atoms with Gasteiger partial charge in [-0.15, -0.1) is 0 Å². The highest BCUT2D eigenvalue weighted by molar-refractivity contribution is 5.90. The van der Waals surface area contributed by atoms with E-state index in [2.05, 4.69) is 5.32 Å². The first-order valence-electron chi connectivity index (χ1n) is 6.28. The number of aromatic carboxylic acids is 1. The van der Waals surface area contributed by atoms with E-state index in [1.807, 2.05) is 6.92 Å². The predicted octanol–water partition coefficient (Wildman–Crippen LogP) is 1.20. The normalized spacial score (nSPS) is 20.2. The lowest BCUT2D eigenvalue weighted by Crippen LogP contribution is -2.41. The summed E-state index contributed by atoms with van der Waals surface area (Å²) in [7, 11) is 0. The Bertz CT molecular complexity index is 461. The van der Waals surface area contributed by atoms with Crippen molar-refractivity contribution in [2.24, 2.45) is 0 Å². The van der Waals surface area contributed by atoms with Crippen molar-refractivity contribution >= 4 is 11.9 Å². The van der Waals surface area contributed by atoms with E-state index in [4.69, 9.17) is 14.3 Å². The van der Waals surface area contributed by atoms with Gasteiger partial charge in [-0.2, -0.15) is 0 Å². The van der Waals surface area contributed by atoms with Gasteiger partial charge >= 0.3 is 5.97 Å². The Hall–Kier alpha value is -1.82. The van der Waals surface area contributed by atoms with E-state index in [0.717, 1.165) is 19.4 Å². The summed E-state index contributed by atoms with van der Waals surface area (Å²) in [6.45, 7) is 2.61. The molecule has 2 heterocycles. The van der Waals surface area contributed by atoms with E-state index < -0.39 is 5.97 Å². The number of carboxylic acids is 1. The molecule has 1 aliphatic rings. The molecule has 0 saturated carbocycles. The van der Waals surface area contributed by atoms with Crippen molar-refractivity contribution in [1.29, 1.82) is 0 Å². The number of furan rings is 1. The van der Waals surface area contributed by atoms with Gasteiger partial charge in [-0.25, -0.2) is 4.79 Å². The molecule has 6 nitrogen and oxygen atoms in total. The highest BCUT2D eigenvalue weighted by Gasteiger charge is 2.24. The highest BCUT2D eigenvalue weighted by atomic mass is 16.5. The molecule has 1 fully saturated rings. The van der Waals surface area contributed by atoms with Crippen LogP contribution in [0, 0.1) is 0 Å². The van der Waals surface area contributed by atoms with E-state index >= 15 is 0 Å². The zero-order valence-electron chi connectivity index (χ0n) is 10.7. The molecule has 0 spiro atoms. The van der Waals surface area contributed by atoms with Gasteiger partial charge in [0.05, 0.1) is 24.8 Å². The molecule has 19 heavy (non-hydrogen) atoms. The molecule has 2 rings (SSSR count). The number of hydrogen-bond donors (Lipinski definition) is 2. The first kappa shape index (κ1) is 13.6. The van der Waals surface area contributed by atoms with Gasteiger partial charge in [0.2, 0.25) is 5.91 Å². The van der Waals surface area contributed by atoms with Crippen LogP contribution in [0.15, 0.2) is 16.7 Å². The van der Waals surface area contributed by atoms with Crippen molar-refractivity contribution in [3.8, 4) is 0 Å². The summed E-state index contributed by atoms with van der Waals surface area (Å²) in [6, 6.07) is 1.26. The molecule has 1 aromatic rings. The number of nitrogens with one attached hydrogen (secondary N) is 1. The molecule has 0 bridgehead atoms. The fourth-order valence-corrected chi connectivity index (χ4v) is 2.21. The zero-order valence-corrected chi connectivity index (χ0v) is 10.7. The summed E-state index contributed by atoms with van der Waals surface area (Å²) < 4.78 is 10.5. The number of ether oxygens (including phenoxy) is 1. The van der Waals surface area contributed by atoms with E-state index in [1.165, 1.54) is 12.3 Å². The molecule has 0 aliphatic carbocycles. The second kappa shape index (κ2) is 5.88. The maximum absolute atomic E-state index is 11.8. The summed E-state index contributed by atoms with van der Waals surface area (Å²) in [5, 5.41) is 11.7. The second-order valence-corrected chi connectivity index (χ2v) is 4.65. The lowest BCUT2D eigenvalue weighted by atomic mass is 10.1. The van der Waals surface area contributed by atoms with Crippen LogP contribution in [0.3, 0.4) is 0 Å². The SMILES string of the molecule is CC(NC(=O)Cc1occc1C(=O)O)C1CCCO1. The third kappa shape index (κ3) is 3.35. The number of amides is 1. The standard InChI is InChI=1S/C13H17NO5/c1-8(10-3-2-5-18-10)14-12(15)7-11-9(13(16)17)4-6-19-11/h4,6,8,10H,2-3,5,7H2,1H3,(H,14,15)(H,16,17). The molecule has 2 unspecified atom stereocenters. The minimum Gasteiger partial charge on any atom is -0.478 e. The van der Waals surface area contributed by atoms with Crippen LogP contribution in [-0.4, -0.2) is 35.7 Å². The Morgan fingerprint density at radius 3 is 3.00 bits per heavy atom. The van der Waals surface area contributed by atoms with Crippen LogP contribution in [0.5, 0.6) is 0 Å². The maximum atomic E-state index is 11.8. The Morgan fingerprint density at radius 1 is 1.58 bits per heavy atom. The van der Waals surface area contributed by atoms with E-state index in [1.54, 1.807) is 0 Å². The quantitative estimate of drug-likeness (QED) is 0.837. The molecule has 2 atom stereocenters. The third-order valence-corrected chi connectivity index (χ3v) is 3.21. The molecule has 1 amide bonds. The van der Waals surface area contributed by atoms with Crippen molar-refractivity contribution in [2.75, 3.05) is 6.61 Å². The molecule has 1 aliphatic heterocycles. The van der Waals surface area contributed by atoms with Crippen molar-refractivity contribution in [2.45, 2.75) is 38.3 Å². The lowest BCUT2D eigenvalue weighted by Gasteiger charge is -2.19. The van der Waals surface area contributed by atoms with Crippen LogP contribution in [-0.2, 0) is 16.0 Å². The van der Waals surface area contributed by atoms with Crippen LogP contribution in [0.25, 0.3) is 0 Å². The number of carboxylic acid groups (broad SMARTS) is 1. The van der Waals surface area contributed by atoms with E-state index in [9.17, 15) is 9.59 Å². The van der Waals surface area contributed by atoms with Gasteiger partial charge in [-0.3, -0.25) is 4.79 Å². The van der Waals surface area contributed by atoms with Crippen LogP contribution in [0.1, 0.15) is 35.9 Å². The fourth-order valence-electron chi connectivity index (χ4n) is 2.21. The summed E-state index contributed by atoms with van der Waals surface area (Å²) in [6.07, 6.45) is 3.18. The summed E-state index contributed by atoms with van der Waals surface area (Å²) in [4.78, 5) is 22.7. The van der Waals surface area contributed by atoms with Gasteiger partial charge in [0.15, 0.2) is 0 Å². The van der Waals surface area contributed by atoms with Gasteiger partial charge in [0, 0.05) is 6.61 Å². The fraction of sp³-hybridized carbons (Fsp3) is 0.538. The van der Waals surface area contributed by atoms with Gasteiger partial charge in [0.1, 0.15) is 11.3 Å². The van der Waals surface area contributed by atoms with Crippen molar-refractivity contribution < 1.29 is 23.8 Å². The van der Waals surface area contributed by atoms with Crippen LogP contribution in [0.2, 0.25) is 0 Å². The third-order valence-electron chi connectivity index (χ3n) is 3.21.